The lowest BCUT2D eigenvalue weighted by atomic mass is 10.2. The highest BCUT2D eigenvalue weighted by Crippen LogP contribution is 2.12. The molecule has 0 fully saturated rings. The highest BCUT2D eigenvalue weighted by Gasteiger charge is 1.95. The van der Waals surface area contributed by atoms with E-state index in [2.05, 4.69) is 19.0 Å². The van der Waals surface area contributed by atoms with Crippen molar-refractivity contribution in [3.05, 3.63) is 29.8 Å². The second kappa shape index (κ2) is 6.43. The van der Waals surface area contributed by atoms with Gasteiger partial charge in [0, 0.05) is 6.54 Å². The standard InChI is InChI=1S/C12H19NO2/c1-13(2)8-3-9-15-12-6-4-11(10-14)5-7-12/h4-7,14H,3,8-10H2,1-2H3. The molecule has 0 aromatic heterocycles. The molecule has 84 valence electrons. The van der Waals surface area contributed by atoms with Crippen molar-refractivity contribution in [2.75, 3.05) is 27.2 Å². The lowest BCUT2D eigenvalue weighted by molar-refractivity contribution is 0.277. The molecule has 0 unspecified atom stereocenters. The first-order valence-corrected chi connectivity index (χ1v) is 5.19. The van der Waals surface area contributed by atoms with Gasteiger partial charge >= 0.3 is 0 Å². The summed E-state index contributed by atoms with van der Waals surface area (Å²) in [5.74, 6) is 0.867. The Kier molecular flexibility index (Phi) is 5.15. The Hall–Kier alpha value is -1.06. The Bertz CT molecular complexity index is 269. The largest absolute Gasteiger partial charge is 0.494 e. The van der Waals surface area contributed by atoms with Crippen LogP contribution in [0.15, 0.2) is 24.3 Å². The van der Waals surface area contributed by atoms with Gasteiger partial charge in [-0.05, 0) is 38.2 Å². The van der Waals surface area contributed by atoms with Gasteiger partial charge in [-0.25, -0.2) is 0 Å². The van der Waals surface area contributed by atoms with Crippen molar-refractivity contribution in [1.29, 1.82) is 0 Å². The molecular weight excluding hydrogens is 190 g/mol. The number of ether oxygens (including phenoxy) is 1. The summed E-state index contributed by atoms with van der Waals surface area (Å²) in [5, 5.41) is 8.86. The van der Waals surface area contributed by atoms with Crippen LogP contribution in [0.3, 0.4) is 0 Å². The third-order valence-electron chi connectivity index (χ3n) is 2.12. The molecule has 0 aliphatic heterocycles. The van der Waals surface area contributed by atoms with Crippen molar-refractivity contribution < 1.29 is 9.84 Å². The normalized spacial score (nSPS) is 10.7. The Morgan fingerprint density at radius 3 is 2.40 bits per heavy atom. The average Bonchev–Trinajstić information content (AvgIpc) is 2.25. The van der Waals surface area contributed by atoms with Crippen molar-refractivity contribution >= 4 is 0 Å². The zero-order chi connectivity index (χ0) is 11.1. The van der Waals surface area contributed by atoms with Crippen molar-refractivity contribution in [2.24, 2.45) is 0 Å². The van der Waals surface area contributed by atoms with Crippen LogP contribution in [-0.4, -0.2) is 37.3 Å². The molecule has 0 radical (unpaired) electrons. The van der Waals surface area contributed by atoms with Gasteiger partial charge in [-0.2, -0.15) is 0 Å². The van der Waals surface area contributed by atoms with Crippen LogP contribution in [-0.2, 0) is 6.61 Å². The zero-order valence-corrected chi connectivity index (χ0v) is 9.44. The first-order valence-electron chi connectivity index (χ1n) is 5.19. The van der Waals surface area contributed by atoms with E-state index in [1.807, 2.05) is 24.3 Å². The molecule has 0 spiro atoms. The smallest absolute Gasteiger partial charge is 0.119 e. The Balaban J connectivity index is 2.25. The molecule has 0 heterocycles. The monoisotopic (exact) mass is 209 g/mol. The molecule has 0 bridgehead atoms. The van der Waals surface area contributed by atoms with Crippen molar-refractivity contribution in [3.63, 3.8) is 0 Å². The quantitative estimate of drug-likeness (QED) is 0.721. The topological polar surface area (TPSA) is 32.7 Å². The minimum absolute atomic E-state index is 0.0842. The van der Waals surface area contributed by atoms with Crippen molar-refractivity contribution in [1.82, 2.24) is 4.90 Å². The molecule has 0 saturated heterocycles. The number of aliphatic hydroxyl groups is 1. The number of benzene rings is 1. The molecule has 0 saturated carbocycles. The van der Waals surface area contributed by atoms with Gasteiger partial charge in [0.2, 0.25) is 0 Å². The fourth-order valence-electron chi connectivity index (χ4n) is 1.26. The maximum Gasteiger partial charge on any atom is 0.119 e. The van der Waals surface area contributed by atoms with Crippen LogP contribution in [0.25, 0.3) is 0 Å². The second-order valence-corrected chi connectivity index (χ2v) is 3.81. The van der Waals surface area contributed by atoms with E-state index in [-0.39, 0.29) is 6.61 Å². The van der Waals surface area contributed by atoms with E-state index < -0.39 is 0 Å². The number of nitrogens with zero attached hydrogens (tertiary/aromatic N) is 1. The third-order valence-corrected chi connectivity index (χ3v) is 2.12. The van der Waals surface area contributed by atoms with Gasteiger partial charge in [-0.15, -0.1) is 0 Å². The SMILES string of the molecule is CN(C)CCCOc1ccc(CO)cc1. The molecular formula is C12H19NO2. The Labute approximate surface area is 91.3 Å². The molecule has 1 aromatic rings. The van der Waals surface area contributed by atoms with Gasteiger partial charge < -0.3 is 14.7 Å². The highest BCUT2D eigenvalue weighted by atomic mass is 16.5. The van der Waals surface area contributed by atoms with E-state index in [9.17, 15) is 0 Å². The Morgan fingerprint density at radius 2 is 1.87 bits per heavy atom. The molecule has 3 heteroatoms. The number of hydrogen-bond acceptors (Lipinski definition) is 3. The van der Waals surface area contributed by atoms with Crippen molar-refractivity contribution in [3.8, 4) is 5.75 Å². The van der Waals surface area contributed by atoms with E-state index in [0.717, 1.165) is 30.9 Å². The maximum atomic E-state index is 8.86. The van der Waals surface area contributed by atoms with Crippen molar-refractivity contribution in [2.45, 2.75) is 13.0 Å². The van der Waals surface area contributed by atoms with E-state index in [1.54, 1.807) is 0 Å². The lowest BCUT2D eigenvalue weighted by Crippen LogP contribution is -2.15. The minimum atomic E-state index is 0.0842. The zero-order valence-electron chi connectivity index (χ0n) is 9.44. The molecule has 0 aliphatic rings. The van der Waals surface area contributed by atoms with Gasteiger partial charge in [0.25, 0.3) is 0 Å². The van der Waals surface area contributed by atoms with E-state index in [1.165, 1.54) is 0 Å². The predicted octanol–water partition coefficient (Wildman–Crippen LogP) is 1.51. The predicted molar refractivity (Wildman–Crippen MR) is 61.0 cm³/mol. The van der Waals surface area contributed by atoms with Gasteiger partial charge in [0.1, 0.15) is 5.75 Å². The van der Waals surface area contributed by atoms with E-state index in [4.69, 9.17) is 9.84 Å². The first kappa shape index (κ1) is 12.0. The molecule has 0 atom stereocenters. The minimum Gasteiger partial charge on any atom is -0.494 e. The fraction of sp³-hybridized carbons (Fsp3) is 0.500. The maximum absolute atomic E-state index is 8.86. The Morgan fingerprint density at radius 1 is 1.20 bits per heavy atom. The molecule has 0 amide bonds. The molecule has 1 rings (SSSR count). The van der Waals surface area contributed by atoms with E-state index in [0.29, 0.717) is 0 Å². The molecule has 1 N–H and O–H groups in total. The lowest BCUT2D eigenvalue weighted by Gasteiger charge is -2.10. The van der Waals surface area contributed by atoms with Crippen LogP contribution in [0.4, 0.5) is 0 Å². The second-order valence-electron chi connectivity index (χ2n) is 3.81. The first-order chi connectivity index (χ1) is 7.22. The van der Waals surface area contributed by atoms with Crippen LogP contribution in [0, 0.1) is 0 Å². The van der Waals surface area contributed by atoms with Crippen LogP contribution in [0.1, 0.15) is 12.0 Å². The highest BCUT2D eigenvalue weighted by molar-refractivity contribution is 5.26. The summed E-state index contributed by atoms with van der Waals surface area (Å²) in [5.41, 5.74) is 0.913. The summed E-state index contributed by atoms with van der Waals surface area (Å²) in [6.45, 7) is 1.85. The van der Waals surface area contributed by atoms with Crippen LogP contribution in [0.5, 0.6) is 5.75 Å². The molecule has 15 heavy (non-hydrogen) atoms. The third kappa shape index (κ3) is 4.81. The summed E-state index contributed by atoms with van der Waals surface area (Å²) < 4.78 is 5.55. The number of hydrogen-bond donors (Lipinski definition) is 1. The summed E-state index contributed by atoms with van der Waals surface area (Å²) >= 11 is 0. The number of aliphatic hydroxyl groups excluding tert-OH is 1. The summed E-state index contributed by atoms with van der Waals surface area (Å²) in [7, 11) is 4.10. The summed E-state index contributed by atoms with van der Waals surface area (Å²) in [6, 6.07) is 7.53. The average molecular weight is 209 g/mol. The number of rotatable bonds is 6. The van der Waals surface area contributed by atoms with E-state index >= 15 is 0 Å². The van der Waals surface area contributed by atoms with Gasteiger partial charge in [-0.3, -0.25) is 0 Å². The molecule has 3 nitrogen and oxygen atoms in total. The summed E-state index contributed by atoms with van der Waals surface area (Å²) in [6.07, 6.45) is 1.02. The van der Waals surface area contributed by atoms with Gasteiger partial charge in [-0.1, -0.05) is 12.1 Å². The molecule has 1 aromatic carbocycles. The van der Waals surface area contributed by atoms with Gasteiger partial charge in [0.15, 0.2) is 0 Å². The molecule has 0 aliphatic carbocycles. The van der Waals surface area contributed by atoms with Crippen LogP contribution in [0.2, 0.25) is 0 Å². The van der Waals surface area contributed by atoms with Gasteiger partial charge in [0.05, 0.1) is 13.2 Å². The van der Waals surface area contributed by atoms with Crippen LogP contribution >= 0.6 is 0 Å². The summed E-state index contributed by atoms with van der Waals surface area (Å²) in [4.78, 5) is 2.14. The fourth-order valence-corrected chi connectivity index (χ4v) is 1.26. The van der Waals surface area contributed by atoms with Crippen LogP contribution < -0.4 is 4.74 Å².